The van der Waals surface area contributed by atoms with Crippen LogP contribution in [0.2, 0.25) is 0 Å². The van der Waals surface area contributed by atoms with Gasteiger partial charge in [0.25, 0.3) is 0 Å². The van der Waals surface area contributed by atoms with E-state index in [4.69, 9.17) is 9.84 Å². The maximum absolute atomic E-state index is 10.8. The minimum Gasteiger partial charge on any atom is -0.481 e. The number of hydrogen-bond acceptors (Lipinski definition) is 2. The molecule has 0 spiro atoms. The molecule has 1 aliphatic rings. The molecule has 1 N–H and O–H groups in total. The molecule has 0 aromatic heterocycles. The van der Waals surface area contributed by atoms with E-state index in [9.17, 15) is 4.79 Å². The summed E-state index contributed by atoms with van der Waals surface area (Å²) in [5.74, 6) is -0.691. The van der Waals surface area contributed by atoms with E-state index in [0.717, 1.165) is 17.5 Å². The van der Waals surface area contributed by atoms with E-state index >= 15 is 0 Å². The van der Waals surface area contributed by atoms with Gasteiger partial charge in [0, 0.05) is 7.11 Å². The largest absolute Gasteiger partial charge is 0.481 e. The molecule has 0 bridgehead atoms. The van der Waals surface area contributed by atoms with Crippen LogP contribution >= 0.6 is 0 Å². The molecule has 1 aromatic carbocycles. The van der Waals surface area contributed by atoms with Gasteiger partial charge in [-0.3, -0.25) is 4.79 Å². The van der Waals surface area contributed by atoms with Gasteiger partial charge in [0.1, 0.15) is 0 Å². The van der Waals surface area contributed by atoms with Crippen LogP contribution in [-0.2, 0) is 16.1 Å². The van der Waals surface area contributed by atoms with Crippen molar-refractivity contribution in [3.63, 3.8) is 0 Å². The van der Waals surface area contributed by atoms with E-state index in [2.05, 4.69) is 0 Å². The zero-order valence-corrected chi connectivity index (χ0v) is 8.64. The van der Waals surface area contributed by atoms with Gasteiger partial charge >= 0.3 is 5.97 Å². The second kappa shape index (κ2) is 4.03. The summed E-state index contributed by atoms with van der Waals surface area (Å²) >= 11 is 0. The minimum atomic E-state index is -0.688. The molecule has 2 rings (SSSR count). The Morgan fingerprint density at radius 3 is 2.87 bits per heavy atom. The summed E-state index contributed by atoms with van der Waals surface area (Å²) in [5.41, 5.74) is 2.24. The quantitative estimate of drug-likeness (QED) is 0.819. The van der Waals surface area contributed by atoms with Crippen LogP contribution in [0.25, 0.3) is 0 Å². The van der Waals surface area contributed by atoms with Gasteiger partial charge in [-0.25, -0.2) is 0 Å². The zero-order chi connectivity index (χ0) is 10.8. The average Bonchev–Trinajstić information content (AvgIpc) is 2.99. The van der Waals surface area contributed by atoms with Crippen LogP contribution in [0.5, 0.6) is 0 Å². The number of carboxylic acids is 1. The molecule has 0 saturated heterocycles. The fraction of sp³-hybridized carbons (Fsp3) is 0.417. The fourth-order valence-electron chi connectivity index (χ4n) is 1.99. The first kappa shape index (κ1) is 10.2. The summed E-state index contributed by atoms with van der Waals surface area (Å²) in [6.45, 7) is 0.555. The summed E-state index contributed by atoms with van der Waals surface area (Å²) in [7, 11) is 1.65. The molecule has 0 aliphatic heterocycles. The summed E-state index contributed by atoms with van der Waals surface area (Å²) in [4.78, 5) is 10.8. The summed E-state index contributed by atoms with van der Waals surface area (Å²) in [5, 5.41) is 8.87. The van der Waals surface area contributed by atoms with Gasteiger partial charge in [0.2, 0.25) is 0 Å². The van der Waals surface area contributed by atoms with Crippen LogP contribution in [0.4, 0.5) is 0 Å². The Morgan fingerprint density at radius 2 is 2.27 bits per heavy atom. The number of ether oxygens (including phenoxy) is 1. The Morgan fingerprint density at radius 1 is 1.53 bits per heavy atom. The third-order valence-corrected chi connectivity index (χ3v) is 2.86. The van der Waals surface area contributed by atoms with Crippen molar-refractivity contribution in [3.05, 3.63) is 35.4 Å². The smallest absolute Gasteiger partial charge is 0.307 e. The number of rotatable bonds is 4. The van der Waals surface area contributed by atoms with E-state index in [-0.39, 0.29) is 11.8 Å². The number of carboxylic acid groups (broad SMARTS) is 1. The fourth-order valence-corrected chi connectivity index (χ4v) is 1.99. The number of methoxy groups -OCH3 is 1. The number of carbonyl (C=O) groups is 1. The second-order valence-electron chi connectivity index (χ2n) is 3.92. The Bertz CT molecular complexity index is 373. The predicted molar refractivity (Wildman–Crippen MR) is 55.6 cm³/mol. The normalized spacial score (nSPS) is 23.8. The van der Waals surface area contributed by atoms with E-state index in [1.54, 1.807) is 7.11 Å². The molecule has 1 saturated carbocycles. The summed E-state index contributed by atoms with van der Waals surface area (Å²) in [6.07, 6.45) is 0.760. The number of benzene rings is 1. The van der Waals surface area contributed by atoms with Crippen LogP contribution in [0, 0.1) is 5.92 Å². The molecule has 0 heterocycles. The first-order valence-corrected chi connectivity index (χ1v) is 5.03. The lowest BCUT2D eigenvalue weighted by molar-refractivity contribution is -0.138. The lowest BCUT2D eigenvalue weighted by atomic mass is 10.0. The Labute approximate surface area is 88.7 Å². The molecule has 1 fully saturated rings. The van der Waals surface area contributed by atoms with Gasteiger partial charge in [-0.05, 0) is 23.5 Å². The molecule has 80 valence electrons. The topological polar surface area (TPSA) is 46.5 Å². The molecule has 1 aromatic rings. The van der Waals surface area contributed by atoms with Gasteiger partial charge in [-0.15, -0.1) is 0 Å². The summed E-state index contributed by atoms with van der Waals surface area (Å²) in [6, 6.07) is 7.90. The molecule has 3 nitrogen and oxygen atoms in total. The first-order chi connectivity index (χ1) is 7.24. The Kier molecular flexibility index (Phi) is 2.73. The maximum atomic E-state index is 10.8. The third-order valence-electron chi connectivity index (χ3n) is 2.86. The number of hydrogen-bond donors (Lipinski definition) is 1. The van der Waals surface area contributed by atoms with Crippen molar-refractivity contribution < 1.29 is 14.6 Å². The van der Waals surface area contributed by atoms with E-state index in [0.29, 0.717) is 6.61 Å². The van der Waals surface area contributed by atoms with Crippen molar-refractivity contribution in [2.24, 2.45) is 5.92 Å². The minimum absolute atomic E-state index is 0.189. The molecule has 0 radical (unpaired) electrons. The van der Waals surface area contributed by atoms with E-state index < -0.39 is 5.97 Å². The lowest BCUT2D eigenvalue weighted by Crippen LogP contribution is -2.01. The standard InChI is InChI=1S/C12H14O3/c1-15-7-8-4-2-3-5-9(8)10-6-11(10)12(13)14/h2-5,10-11H,6-7H2,1H3,(H,13,14). The molecule has 0 amide bonds. The molecular formula is C12H14O3. The van der Waals surface area contributed by atoms with Gasteiger partial charge in [0.05, 0.1) is 12.5 Å². The molecule has 15 heavy (non-hydrogen) atoms. The highest BCUT2D eigenvalue weighted by Crippen LogP contribution is 2.48. The highest BCUT2D eigenvalue weighted by atomic mass is 16.5. The predicted octanol–water partition coefficient (Wildman–Crippen LogP) is 2.02. The van der Waals surface area contributed by atoms with Crippen molar-refractivity contribution in [3.8, 4) is 0 Å². The van der Waals surface area contributed by atoms with Crippen molar-refractivity contribution >= 4 is 5.97 Å². The van der Waals surface area contributed by atoms with Crippen LogP contribution in [-0.4, -0.2) is 18.2 Å². The van der Waals surface area contributed by atoms with Crippen LogP contribution in [0.15, 0.2) is 24.3 Å². The van der Waals surface area contributed by atoms with Crippen molar-refractivity contribution in [1.29, 1.82) is 0 Å². The van der Waals surface area contributed by atoms with Gasteiger partial charge in [0.15, 0.2) is 0 Å². The molecule has 1 aliphatic carbocycles. The molecule has 2 atom stereocenters. The highest BCUT2D eigenvalue weighted by molar-refractivity contribution is 5.75. The first-order valence-electron chi connectivity index (χ1n) is 5.03. The van der Waals surface area contributed by atoms with Gasteiger partial charge < -0.3 is 9.84 Å². The van der Waals surface area contributed by atoms with Gasteiger partial charge in [-0.1, -0.05) is 24.3 Å². The Hall–Kier alpha value is -1.35. The van der Waals surface area contributed by atoms with Crippen molar-refractivity contribution in [2.75, 3.05) is 7.11 Å². The van der Waals surface area contributed by atoms with E-state index in [1.807, 2.05) is 24.3 Å². The Balaban J connectivity index is 2.18. The SMILES string of the molecule is COCc1ccccc1C1CC1C(=O)O. The lowest BCUT2D eigenvalue weighted by Gasteiger charge is -2.07. The van der Waals surface area contributed by atoms with Crippen molar-refractivity contribution in [2.45, 2.75) is 18.9 Å². The van der Waals surface area contributed by atoms with Crippen LogP contribution in [0.3, 0.4) is 0 Å². The maximum Gasteiger partial charge on any atom is 0.307 e. The molecular weight excluding hydrogens is 192 g/mol. The van der Waals surface area contributed by atoms with Crippen LogP contribution in [0.1, 0.15) is 23.5 Å². The molecule has 2 unspecified atom stereocenters. The van der Waals surface area contributed by atoms with Gasteiger partial charge in [-0.2, -0.15) is 0 Å². The van der Waals surface area contributed by atoms with E-state index in [1.165, 1.54) is 0 Å². The monoisotopic (exact) mass is 206 g/mol. The average molecular weight is 206 g/mol. The summed E-state index contributed by atoms with van der Waals surface area (Å²) < 4.78 is 5.09. The molecule has 3 heteroatoms. The second-order valence-corrected chi connectivity index (χ2v) is 3.92. The zero-order valence-electron chi connectivity index (χ0n) is 8.64. The van der Waals surface area contributed by atoms with Crippen LogP contribution < -0.4 is 0 Å². The highest BCUT2D eigenvalue weighted by Gasteiger charge is 2.44. The van der Waals surface area contributed by atoms with Crippen molar-refractivity contribution in [1.82, 2.24) is 0 Å². The third kappa shape index (κ3) is 2.02. The number of aliphatic carboxylic acids is 1.